The Balaban J connectivity index is 1.48. The number of hydrogen-bond acceptors (Lipinski definition) is 7. The molecule has 0 radical (unpaired) electrons. The van der Waals surface area contributed by atoms with Crippen LogP contribution in [-0.4, -0.2) is 74.9 Å². The first-order chi connectivity index (χ1) is 15.2. The van der Waals surface area contributed by atoms with Crippen LogP contribution >= 0.6 is 0 Å². The Labute approximate surface area is 190 Å². The van der Waals surface area contributed by atoms with Gasteiger partial charge in [0.15, 0.2) is 0 Å². The minimum Gasteiger partial charge on any atom is -0.460 e. The van der Waals surface area contributed by atoms with Gasteiger partial charge in [0, 0.05) is 44.7 Å². The van der Waals surface area contributed by atoms with E-state index in [0.29, 0.717) is 18.8 Å². The van der Waals surface area contributed by atoms with Gasteiger partial charge >= 0.3 is 5.97 Å². The summed E-state index contributed by atoms with van der Waals surface area (Å²) in [4.78, 5) is 26.9. The molecule has 9 nitrogen and oxygen atoms in total. The van der Waals surface area contributed by atoms with Gasteiger partial charge in [-0.1, -0.05) is 13.8 Å². The van der Waals surface area contributed by atoms with E-state index in [1.807, 2.05) is 0 Å². The molecule has 1 aromatic heterocycles. The number of ether oxygens (including phenoxy) is 1. The van der Waals surface area contributed by atoms with E-state index in [1.165, 1.54) is 16.4 Å². The van der Waals surface area contributed by atoms with Crippen molar-refractivity contribution in [2.75, 3.05) is 39.3 Å². The maximum atomic E-state index is 12.9. The summed E-state index contributed by atoms with van der Waals surface area (Å²) in [5.74, 6) is -0.368. The number of carbonyl (C=O) groups excluding carboxylic acids is 2. The average molecular weight is 470 g/mol. The largest absolute Gasteiger partial charge is 0.460 e. The lowest BCUT2D eigenvalue weighted by molar-refractivity contribution is -0.127. The normalized spacial score (nSPS) is 19.9. The molecule has 180 valence electrons. The van der Waals surface area contributed by atoms with Gasteiger partial charge in [-0.15, -0.1) is 0 Å². The first kappa shape index (κ1) is 24.7. The number of hydrogen-bond donors (Lipinski definition) is 1. The van der Waals surface area contributed by atoms with E-state index in [2.05, 4.69) is 24.1 Å². The standard InChI is InChI=1S/C22H35N3O6S/c1-4-30-22(27)19-5-6-20(31-19)32(28,29)25-13-7-17(8-14-25)21(26)23-18-9-11-24(12-10-18)15-16(2)3/h5-6,16-18H,4,7-15H2,1-3H3,(H,23,26). The molecule has 32 heavy (non-hydrogen) atoms. The number of carbonyl (C=O) groups is 2. The van der Waals surface area contributed by atoms with Crippen LogP contribution in [0.1, 0.15) is 57.0 Å². The smallest absolute Gasteiger partial charge is 0.374 e. The summed E-state index contributed by atoms with van der Waals surface area (Å²) in [6, 6.07) is 2.76. The number of likely N-dealkylation sites (tertiary alicyclic amines) is 1. The number of furan rings is 1. The highest BCUT2D eigenvalue weighted by molar-refractivity contribution is 7.89. The summed E-state index contributed by atoms with van der Waals surface area (Å²) in [5.41, 5.74) is 0. The fourth-order valence-corrected chi connectivity index (χ4v) is 5.73. The van der Waals surface area contributed by atoms with E-state index < -0.39 is 16.0 Å². The molecular weight excluding hydrogens is 434 g/mol. The van der Waals surface area contributed by atoms with Gasteiger partial charge in [-0.25, -0.2) is 13.2 Å². The van der Waals surface area contributed by atoms with Gasteiger partial charge in [0.05, 0.1) is 6.61 Å². The highest BCUT2D eigenvalue weighted by Crippen LogP contribution is 2.26. The molecule has 0 aliphatic carbocycles. The monoisotopic (exact) mass is 469 g/mol. The Bertz CT molecular complexity index is 881. The van der Waals surface area contributed by atoms with Gasteiger partial charge in [0.2, 0.25) is 16.8 Å². The van der Waals surface area contributed by atoms with Gasteiger partial charge in [0.1, 0.15) is 0 Å². The van der Waals surface area contributed by atoms with Gasteiger partial charge in [0.25, 0.3) is 10.0 Å². The highest BCUT2D eigenvalue weighted by atomic mass is 32.2. The Hall–Kier alpha value is -1.91. The summed E-state index contributed by atoms with van der Waals surface area (Å²) in [5, 5.41) is 2.89. The second-order valence-electron chi connectivity index (χ2n) is 8.99. The number of esters is 1. The molecule has 3 heterocycles. The van der Waals surface area contributed by atoms with Crippen LogP contribution in [-0.2, 0) is 19.6 Å². The predicted octanol–water partition coefficient (Wildman–Crippen LogP) is 2.09. The molecule has 3 rings (SSSR count). The summed E-state index contributed by atoms with van der Waals surface area (Å²) in [6.07, 6.45) is 2.82. The molecule has 2 fully saturated rings. The second kappa shape index (κ2) is 10.8. The third-order valence-corrected chi connectivity index (χ3v) is 7.81. The molecule has 1 aromatic rings. The molecule has 2 aliphatic heterocycles. The van der Waals surface area contributed by atoms with E-state index >= 15 is 0 Å². The van der Waals surface area contributed by atoms with Crippen LogP contribution in [0.15, 0.2) is 21.6 Å². The van der Waals surface area contributed by atoms with Crippen molar-refractivity contribution in [1.29, 1.82) is 0 Å². The van der Waals surface area contributed by atoms with Gasteiger partial charge < -0.3 is 19.4 Å². The first-order valence-electron chi connectivity index (χ1n) is 11.5. The van der Waals surface area contributed by atoms with Crippen molar-refractivity contribution in [2.45, 2.75) is 57.6 Å². The topological polar surface area (TPSA) is 109 Å². The summed E-state index contributed by atoms with van der Waals surface area (Å²) < 4.78 is 37.1. The number of rotatable bonds is 8. The second-order valence-corrected chi connectivity index (χ2v) is 10.9. The summed E-state index contributed by atoms with van der Waals surface area (Å²) in [7, 11) is -3.86. The number of sulfonamides is 1. The maximum Gasteiger partial charge on any atom is 0.374 e. The van der Waals surface area contributed by atoms with Crippen molar-refractivity contribution >= 4 is 21.9 Å². The molecule has 0 bridgehead atoms. The van der Waals surface area contributed by atoms with Crippen LogP contribution in [0.2, 0.25) is 0 Å². The summed E-state index contributed by atoms with van der Waals surface area (Å²) >= 11 is 0. The Kier molecular flexibility index (Phi) is 8.35. The van der Waals surface area contributed by atoms with Gasteiger partial charge in [-0.05, 0) is 50.7 Å². The van der Waals surface area contributed by atoms with E-state index in [9.17, 15) is 18.0 Å². The molecular formula is C22H35N3O6S. The molecule has 0 aromatic carbocycles. The van der Waals surface area contributed by atoms with Crippen molar-refractivity contribution < 1.29 is 27.2 Å². The number of nitrogens with zero attached hydrogens (tertiary/aromatic N) is 2. The molecule has 0 spiro atoms. The molecule has 0 unspecified atom stereocenters. The fourth-order valence-electron chi connectivity index (χ4n) is 4.35. The van der Waals surface area contributed by atoms with Crippen LogP contribution < -0.4 is 5.32 Å². The molecule has 2 aliphatic rings. The fraction of sp³-hybridized carbons (Fsp3) is 0.727. The van der Waals surface area contributed by atoms with E-state index in [-0.39, 0.29) is 48.4 Å². The van der Waals surface area contributed by atoms with Gasteiger partial charge in [-0.3, -0.25) is 4.79 Å². The molecule has 2 saturated heterocycles. The zero-order valence-corrected chi connectivity index (χ0v) is 20.0. The number of amides is 1. The van der Waals surface area contributed by atoms with Crippen LogP contribution in [0, 0.1) is 11.8 Å². The van der Waals surface area contributed by atoms with Crippen LogP contribution in [0.3, 0.4) is 0 Å². The lowest BCUT2D eigenvalue weighted by Gasteiger charge is -2.35. The third kappa shape index (κ3) is 6.11. The first-order valence-corrected chi connectivity index (χ1v) is 12.9. The van der Waals surface area contributed by atoms with Crippen molar-refractivity contribution in [3.8, 4) is 0 Å². The third-order valence-electron chi connectivity index (χ3n) is 6.03. The van der Waals surface area contributed by atoms with Crippen molar-refractivity contribution in [3.63, 3.8) is 0 Å². The van der Waals surface area contributed by atoms with Crippen LogP contribution in [0.4, 0.5) is 0 Å². The minimum atomic E-state index is -3.86. The van der Waals surface area contributed by atoms with Crippen LogP contribution in [0.5, 0.6) is 0 Å². The van der Waals surface area contributed by atoms with Crippen molar-refractivity contribution in [3.05, 3.63) is 17.9 Å². The molecule has 0 saturated carbocycles. The van der Waals surface area contributed by atoms with E-state index in [4.69, 9.17) is 9.15 Å². The lowest BCUT2D eigenvalue weighted by atomic mass is 9.95. The summed E-state index contributed by atoms with van der Waals surface area (Å²) in [6.45, 7) is 9.82. The zero-order chi connectivity index (χ0) is 23.3. The number of nitrogens with one attached hydrogen (secondary N) is 1. The Morgan fingerprint density at radius 3 is 2.38 bits per heavy atom. The Morgan fingerprint density at radius 1 is 1.12 bits per heavy atom. The molecule has 0 atom stereocenters. The quantitative estimate of drug-likeness (QED) is 0.581. The SMILES string of the molecule is CCOC(=O)c1ccc(S(=O)(=O)N2CCC(C(=O)NC3CCN(CC(C)C)CC3)CC2)o1. The van der Waals surface area contributed by atoms with E-state index in [1.54, 1.807) is 6.92 Å². The maximum absolute atomic E-state index is 12.9. The molecule has 10 heteroatoms. The van der Waals surface area contributed by atoms with Crippen molar-refractivity contribution in [2.24, 2.45) is 11.8 Å². The lowest BCUT2D eigenvalue weighted by Crippen LogP contribution is -2.49. The van der Waals surface area contributed by atoms with Crippen molar-refractivity contribution in [1.82, 2.24) is 14.5 Å². The van der Waals surface area contributed by atoms with Gasteiger partial charge in [-0.2, -0.15) is 4.31 Å². The van der Waals surface area contributed by atoms with Crippen LogP contribution in [0.25, 0.3) is 0 Å². The molecule has 1 amide bonds. The highest BCUT2D eigenvalue weighted by Gasteiger charge is 2.35. The Morgan fingerprint density at radius 2 is 1.78 bits per heavy atom. The average Bonchev–Trinajstić information content (AvgIpc) is 3.26. The number of piperidine rings is 2. The predicted molar refractivity (Wildman–Crippen MR) is 119 cm³/mol. The zero-order valence-electron chi connectivity index (χ0n) is 19.2. The van der Waals surface area contributed by atoms with E-state index in [0.717, 1.165) is 32.5 Å². The molecule has 1 N–H and O–H groups in total. The minimum absolute atomic E-state index is 0.0203.